The molecule has 21 heavy (non-hydrogen) atoms. The zero-order valence-corrected chi connectivity index (χ0v) is 14.4. The van der Waals surface area contributed by atoms with Gasteiger partial charge in [-0.1, -0.05) is 19.3 Å². The highest BCUT2D eigenvalue weighted by molar-refractivity contribution is 9.10. The summed E-state index contributed by atoms with van der Waals surface area (Å²) < 4.78 is 33.4. The predicted octanol–water partition coefficient (Wildman–Crippen LogP) is 2.40. The molecule has 3 N–H and O–H groups in total. The van der Waals surface area contributed by atoms with Gasteiger partial charge in [0.1, 0.15) is 5.75 Å². The fraction of sp³-hybridized carbons (Fsp3) is 0.571. The van der Waals surface area contributed by atoms with Gasteiger partial charge in [-0.05, 0) is 47.0 Å². The minimum Gasteiger partial charge on any atom is -0.496 e. The molecule has 0 aliphatic heterocycles. The van der Waals surface area contributed by atoms with Crippen LogP contribution in [-0.4, -0.2) is 27.6 Å². The minimum atomic E-state index is -3.57. The third kappa shape index (κ3) is 4.18. The highest BCUT2D eigenvalue weighted by atomic mass is 79.9. The lowest BCUT2D eigenvalue weighted by atomic mass is 10.1. The van der Waals surface area contributed by atoms with E-state index in [1.165, 1.54) is 13.2 Å². The van der Waals surface area contributed by atoms with Crippen molar-refractivity contribution < 1.29 is 13.2 Å². The number of ether oxygens (including phenoxy) is 1. The van der Waals surface area contributed by atoms with E-state index in [1.54, 1.807) is 12.1 Å². The Hall–Kier alpha value is -0.630. The van der Waals surface area contributed by atoms with Gasteiger partial charge in [-0.15, -0.1) is 0 Å². The van der Waals surface area contributed by atoms with E-state index in [4.69, 9.17) is 10.5 Å². The molecule has 5 nitrogen and oxygen atoms in total. The van der Waals surface area contributed by atoms with Crippen LogP contribution in [0.15, 0.2) is 27.6 Å². The summed E-state index contributed by atoms with van der Waals surface area (Å²) in [5.41, 5.74) is 6.08. The number of halogens is 1. The van der Waals surface area contributed by atoms with Gasteiger partial charge in [0.05, 0.1) is 16.5 Å². The van der Waals surface area contributed by atoms with Crippen LogP contribution in [0, 0.1) is 0 Å². The molecule has 0 saturated heterocycles. The second-order valence-electron chi connectivity index (χ2n) is 5.33. The second kappa shape index (κ2) is 7.09. The summed E-state index contributed by atoms with van der Waals surface area (Å²) in [5.74, 6) is 0.597. The fourth-order valence-electron chi connectivity index (χ4n) is 2.56. The number of sulfonamides is 1. The van der Waals surface area contributed by atoms with Gasteiger partial charge in [0, 0.05) is 12.1 Å². The Bertz CT molecular complexity index is 592. The molecule has 0 amide bonds. The smallest absolute Gasteiger partial charge is 0.240 e. The van der Waals surface area contributed by atoms with Crippen LogP contribution in [0.3, 0.4) is 0 Å². The first-order valence-electron chi connectivity index (χ1n) is 7.05. The van der Waals surface area contributed by atoms with Crippen LogP contribution in [0.2, 0.25) is 0 Å². The largest absolute Gasteiger partial charge is 0.496 e. The van der Waals surface area contributed by atoms with Gasteiger partial charge in [-0.25, -0.2) is 13.1 Å². The Morgan fingerprint density at radius 2 is 2.00 bits per heavy atom. The summed E-state index contributed by atoms with van der Waals surface area (Å²) in [7, 11) is -2.03. The van der Waals surface area contributed by atoms with Gasteiger partial charge in [-0.2, -0.15) is 0 Å². The topological polar surface area (TPSA) is 81.4 Å². The van der Waals surface area contributed by atoms with Crippen molar-refractivity contribution in [1.29, 1.82) is 0 Å². The van der Waals surface area contributed by atoms with Gasteiger partial charge >= 0.3 is 0 Å². The van der Waals surface area contributed by atoms with Gasteiger partial charge in [0.15, 0.2) is 0 Å². The molecule has 7 heteroatoms. The summed E-state index contributed by atoms with van der Waals surface area (Å²) >= 11 is 3.31. The third-order valence-corrected chi connectivity index (χ3v) is 5.92. The Labute approximate surface area is 134 Å². The SMILES string of the molecule is COc1ccc(S(=O)(=O)NC2CCCCCC2N)cc1Br. The number of hydrogen-bond donors (Lipinski definition) is 2. The van der Waals surface area contributed by atoms with Crippen LogP contribution < -0.4 is 15.2 Å². The van der Waals surface area contributed by atoms with Crippen LogP contribution in [0.1, 0.15) is 32.1 Å². The molecule has 1 aliphatic carbocycles. The highest BCUT2D eigenvalue weighted by Gasteiger charge is 2.26. The van der Waals surface area contributed by atoms with E-state index in [-0.39, 0.29) is 17.0 Å². The molecule has 1 aromatic carbocycles. The molecular formula is C14H21BrN2O3S. The van der Waals surface area contributed by atoms with E-state index < -0.39 is 10.0 Å². The van der Waals surface area contributed by atoms with E-state index in [1.807, 2.05) is 0 Å². The second-order valence-corrected chi connectivity index (χ2v) is 7.89. The lowest BCUT2D eigenvalue weighted by Gasteiger charge is -2.22. The molecule has 1 aliphatic rings. The Kier molecular flexibility index (Phi) is 5.65. The standard InChI is InChI=1S/C14H21BrN2O3S/c1-20-14-8-7-10(9-11(14)15)21(18,19)17-13-6-4-2-3-5-12(13)16/h7-9,12-13,17H,2-6,16H2,1H3. The molecule has 2 rings (SSSR count). The summed E-state index contributed by atoms with van der Waals surface area (Å²) in [6.45, 7) is 0. The Morgan fingerprint density at radius 3 is 2.67 bits per heavy atom. The zero-order chi connectivity index (χ0) is 15.5. The third-order valence-electron chi connectivity index (χ3n) is 3.81. The van der Waals surface area contributed by atoms with Crippen LogP contribution in [0.5, 0.6) is 5.75 Å². The molecule has 2 atom stereocenters. The first kappa shape index (κ1) is 16.7. The maximum Gasteiger partial charge on any atom is 0.240 e. The molecule has 0 heterocycles. The number of rotatable bonds is 4. The quantitative estimate of drug-likeness (QED) is 0.790. The molecular weight excluding hydrogens is 356 g/mol. The van der Waals surface area contributed by atoms with Gasteiger partial charge in [0.2, 0.25) is 10.0 Å². The molecule has 0 spiro atoms. The maximum absolute atomic E-state index is 12.5. The fourth-order valence-corrected chi connectivity index (χ4v) is 4.60. The molecule has 0 bridgehead atoms. The molecule has 1 fully saturated rings. The molecule has 1 aromatic rings. The zero-order valence-electron chi connectivity index (χ0n) is 12.0. The van der Waals surface area contributed by atoms with Crippen molar-refractivity contribution in [2.45, 2.75) is 49.1 Å². The summed E-state index contributed by atoms with van der Waals surface area (Å²) in [6, 6.07) is 4.39. The summed E-state index contributed by atoms with van der Waals surface area (Å²) in [6.07, 6.45) is 4.83. The van der Waals surface area contributed by atoms with E-state index in [9.17, 15) is 8.42 Å². The number of nitrogens with two attached hydrogens (primary N) is 1. The first-order chi connectivity index (χ1) is 9.94. The van der Waals surface area contributed by atoms with Crippen molar-refractivity contribution >= 4 is 26.0 Å². The monoisotopic (exact) mass is 376 g/mol. The van der Waals surface area contributed by atoms with E-state index in [0.29, 0.717) is 10.2 Å². The average Bonchev–Trinajstić information content (AvgIpc) is 2.64. The molecule has 2 unspecified atom stereocenters. The summed E-state index contributed by atoms with van der Waals surface area (Å²) in [5, 5.41) is 0. The van der Waals surface area contributed by atoms with Gasteiger partial charge in [0.25, 0.3) is 0 Å². The van der Waals surface area contributed by atoms with Crippen LogP contribution in [-0.2, 0) is 10.0 Å². The van der Waals surface area contributed by atoms with Crippen molar-refractivity contribution in [2.24, 2.45) is 5.73 Å². The Balaban J connectivity index is 2.19. The molecule has 118 valence electrons. The van der Waals surface area contributed by atoms with E-state index in [0.717, 1.165) is 32.1 Å². The average molecular weight is 377 g/mol. The first-order valence-corrected chi connectivity index (χ1v) is 9.33. The van der Waals surface area contributed by atoms with Crippen molar-refractivity contribution in [1.82, 2.24) is 4.72 Å². The van der Waals surface area contributed by atoms with Crippen molar-refractivity contribution in [3.05, 3.63) is 22.7 Å². The number of methoxy groups -OCH3 is 1. The van der Waals surface area contributed by atoms with Crippen molar-refractivity contribution in [3.63, 3.8) is 0 Å². The number of nitrogens with one attached hydrogen (secondary N) is 1. The normalized spacial score (nSPS) is 23.6. The molecule has 0 radical (unpaired) electrons. The van der Waals surface area contributed by atoms with Crippen molar-refractivity contribution in [3.8, 4) is 5.75 Å². The highest BCUT2D eigenvalue weighted by Crippen LogP contribution is 2.28. The Morgan fingerprint density at radius 1 is 1.29 bits per heavy atom. The lowest BCUT2D eigenvalue weighted by molar-refractivity contribution is 0.411. The molecule has 0 aromatic heterocycles. The lowest BCUT2D eigenvalue weighted by Crippen LogP contribution is -2.46. The minimum absolute atomic E-state index is 0.121. The van der Waals surface area contributed by atoms with E-state index >= 15 is 0 Å². The summed E-state index contributed by atoms with van der Waals surface area (Å²) in [4.78, 5) is 0.214. The van der Waals surface area contributed by atoms with Crippen LogP contribution in [0.4, 0.5) is 0 Å². The number of hydrogen-bond acceptors (Lipinski definition) is 4. The van der Waals surface area contributed by atoms with Crippen LogP contribution >= 0.6 is 15.9 Å². The number of benzene rings is 1. The maximum atomic E-state index is 12.5. The van der Waals surface area contributed by atoms with Crippen LogP contribution in [0.25, 0.3) is 0 Å². The molecule has 1 saturated carbocycles. The van der Waals surface area contributed by atoms with Gasteiger partial charge in [-0.3, -0.25) is 0 Å². The van der Waals surface area contributed by atoms with E-state index in [2.05, 4.69) is 20.7 Å². The van der Waals surface area contributed by atoms with Crippen molar-refractivity contribution in [2.75, 3.05) is 7.11 Å². The predicted molar refractivity (Wildman–Crippen MR) is 85.9 cm³/mol. The van der Waals surface area contributed by atoms with Gasteiger partial charge < -0.3 is 10.5 Å².